The zero-order chi connectivity index (χ0) is 14.9. The highest BCUT2D eigenvalue weighted by atomic mass is 79.9. The summed E-state index contributed by atoms with van der Waals surface area (Å²) in [6.45, 7) is 0.376. The van der Waals surface area contributed by atoms with Crippen molar-refractivity contribution in [1.29, 1.82) is 0 Å². The lowest BCUT2D eigenvalue weighted by Gasteiger charge is -2.25. The first-order valence-corrected chi connectivity index (χ1v) is 9.42. The van der Waals surface area contributed by atoms with E-state index in [1.807, 2.05) is 0 Å². The van der Waals surface area contributed by atoms with Gasteiger partial charge in [-0.3, -0.25) is 4.21 Å². The smallest absolute Gasteiger partial charge is 0.336 e. The monoisotopic (exact) mass is 381 g/mol. The molecule has 1 fully saturated rings. The Bertz CT molecular complexity index is 663. The van der Waals surface area contributed by atoms with Crippen molar-refractivity contribution in [1.82, 2.24) is 4.31 Å². The molecule has 0 amide bonds. The molecule has 1 aliphatic rings. The van der Waals surface area contributed by atoms with Gasteiger partial charge in [-0.15, -0.1) is 0 Å². The van der Waals surface area contributed by atoms with Gasteiger partial charge in [0.05, 0.1) is 10.5 Å². The number of carbonyl (C=O) groups is 1. The molecular formula is C11H12BrNO5S2. The van der Waals surface area contributed by atoms with Gasteiger partial charge in [-0.05, 0) is 34.1 Å². The third kappa shape index (κ3) is 3.11. The molecule has 0 radical (unpaired) electrons. The average Bonchev–Trinajstić information content (AvgIpc) is 2.39. The molecule has 1 heterocycles. The maximum Gasteiger partial charge on any atom is 0.336 e. The Morgan fingerprint density at radius 3 is 2.45 bits per heavy atom. The van der Waals surface area contributed by atoms with Gasteiger partial charge in [0.1, 0.15) is 0 Å². The van der Waals surface area contributed by atoms with Crippen LogP contribution >= 0.6 is 15.9 Å². The predicted molar refractivity (Wildman–Crippen MR) is 77.7 cm³/mol. The lowest BCUT2D eigenvalue weighted by Crippen LogP contribution is -2.41. The fourth-order valence-corrected chi connectivity index (χ4v) is 5.01. The Morgan fingerprint density at radius 2 is 1.90 bits per heavy atom. The van der Waals surface area contributed by atoms with Gasteiger partial charge >= 0.3 is 5.97 Å². The van der Waals surface area contributed by atoms with Crippen molar-refractivity contribution >= 4 is 42.7 Å². The third-order valence-electron chi connectivity index (χ3n) is 2.94. The Balaban J connectivity index is 2.37. The first-order valence-electron chi connectivity index (χ1n) is 5.70. The number of carboxylic acid groups (broad SMARTS) is 1. The number of halogens is 1. The number of benzene rings is 1. The quantitative estimate of drug-likeness (QED) is 0.839. The second kappa shape index (κ2) is 5.92. The molecule has 0 spiro atoms. The molecule has 0 bridgehead atoms. The molecule has 0 atom stereocenters. The lowest BCUT2D eigenvalue weighted by molar-refractivity contribution is 0.0695. The van der Waals surface area contributed by atoms with Gasteiger partial charge in [0.25, 0.3) is 0 Å². The minimum Gasteiger partial charge on any atom is -0.478 e. The molecule has 20 heavy (non-hydrogen) atoms. The summed E-state index contributed by atoms with van der Waals surface area (Å²) >= 11 is 3.07. The molecule has 1 aromatic rings. The van der Waals surface area contributed by atoms with E-state index in [9.17, 15) is 17.4 Å². The van der Waals surface area contributed by atoms with E-state index in [1.165, 1.54) is 16.4 Å². The van der Waals surface area contributed by atoms with Crippen molar-refractivity contribution in [3.05, 3.63) is 28.2 Å². The van der Waals surface area contributed by atoms with Crippen LogP contribution in [0.15, 0.2) is 27.6 Å². The summed E-state index contributed by atoms with van der Waals surface area (Å²) in [4.78, 5) is 11.0. The van der Waals surface area contributed by atoms with Crippen LogP contribution in [0.4, 0.5) is 0 Å². The molecule has 0 saturated carbocycles. The summed E-state index contributed by atoms with van der Waals surface area (Å²) in [6, 6.07) is 3.89. The highest BCUT2D eigenvalue weighted by Gasteiger charge is 2.29. The van der Waals surface area contributed by atoms with Crippen molar-refractivity contribution < 1.29 is 22.5 Å². The van der Waals surface area contributed by atoms with Crippen LogP contribution in [0.3, 0.4) is 0 Å². The topological polar surface area (TPSA) is 91.8 Å². The molecular weight excluding hydrogens is 370 g/mol. The highest BCUT2D eigenvalue weighted by molar-refractivity contribution is 9.10. The summed E-state index contributed by atoms with van der Waals surface area (Å²) in [5.74, 6) is -0.586. The van der Waals surface area contributed by atoms with Crippen LogP contribution in [-0.4, -0.2) is 52.6 Å². The van der Waals surface area contributed by atoms with Gasteiger partial charge in [-0.2, -0.15) is 4.31 Å². The average molecular weight is 382 g/mol. The molecule has 0 aliphatic carbocycles. The third-order valence-corrected chi connectivity index (χ3v) is 6.80. The van der Waals surface area contributed by atoms with E-state index in [0.717, 1.165) is 6.07 Å². The minimum absolute atomic E-state index is 0.0641. The number of aromatic carboxylic acids is 1. The van der Waals surface area contributed by atoms with E-state index < -0.39 is 26.8 Å². The number of sulfonamides is 1. The molecule has 0 aromatic heterocycles. The van der Waals surface area contributed by atoms with Crippen LogP contribution in [0.1, 0.15) is 10.4 Å². The molecule has 9 heteroatoms. The zero-order valence-corrected chi connectivity index (χ0v) is 13.5. The van der Waals surface area contributed by atoms with E-state index in [0.29, 0.717) is 16.0 Å². The van der Waals surface area contributed by atoms with E-state index >= 15 is 0 Å². The standard InChI is InChI=1S/C11H12BrNO5S2/c12-10-2-1-8(7-9(10)11(14)15)20(17,18)13-3-5-19(16)6-4-13/h1-2,7H,3-6H2,(H,14,15). The van der Waals surface area contributed by atoms with Crippen molar-refractivity contribution in [2.75, 3.05) is 24.6 Å². The first kappa shape index (κ1) is 15.6. The normalized spacial score (nSPS) is 18.1. The van der Waals surface area contributed by atoms with Gasteiger partial charge < -0.3 is 5.11 Å². The van der Waals surface area contributed by atoms with Crippen LogP contribution in [-0.2, 0) is 20.8 Å². The van der Waals surface area contributed by atoms with E-state index in [4.69, 9.17) is 5.11 Å². The summed E-state index contributed by atoms with van der Waals surface area (Å²) in [6.07, 6.45) is 0. The van der Waals surface area contributed by atoms with Crippen LogP contribution in [0.25, 0.3) is 0 Å². The van der Waals surface area contributed by atoms with Crippen molar-refractivity contribution in [3.8, 4) is 0 Å². The molecule has 0 unspecified atom stereocenters. The Labute approximate surface area is 127 Å². The fourth-order valence-electron chi connectivity index (χ4n) is 1.84. The van der Waals surface area contributed by atoms with Crippen LogP contribution < -0.4 is 0 Å². The summed E-state index contributed by atoms with van der Waals surface area (Å²) in [5.41, 5.74) is -0.105. The predicted octanol–water partition coefficient (Wildman–Crippen LogP) is 0.900. The van der Waals surface area contributed by atoms with Gasteiger partial charge in [0, 0.05) is 39.9 Å². The number of rotatable bonds is 3. The summed E-state index contributed by atoms with van der Waals surface area (Å²) in [5, 5.41) is 9.02. The van der Waals surface area contributed by atoms with E-state index in [-0.39, 0.29) is 23.5 Å². The summed E-state index contributed by atoms with van der Waals surface area (Å²) < 4.78 is 37.6. The van der Waals surface area contributed by atoms with Crippen LogP contribution in [0.5, 0.6) is 0 Å². The largest absolute Gasteiger partial charge is 0.478 e. The Hall–Kier alpha value is -0.770. The van der Waals surface area contributed by atoms with Crippen molar-refractivity contribution in [3.63, 3.8) is 0 Å². The zero-order valence-electron chi connectivity index (χ0n) is 10.3. The number of hydrogen-bond acceptors (Lipinski definition) is 4. The van der Waals surface area contributed by atoms with Crippen molar-refractivity contribution in [2.24, 2.45) is 0 Å². The van der Waals surface area contributed by atoms with Gasteiger partial charge in [-0.1, -0.05) is 0 Å². The first-order chi connectivity index (χ1) is 9.32. The molecule has 1 aromatic carbocycles. The van der Waals surface area contributed by atoms with Crippen LogP contribution in [0, 0.1) is 0 Å². The maximum absolute atomic E-state index is 12.4. The molecule has 1 saturated heterocycles. The maximum atomic E-state index is 12.4. The SMILES string of the molecule is O=C(O)c1cc(S(=O)(=O)N2CCS(=O)CC2)ccc1Br. The van der Waals surface area contributed by atoms with E-state index in [2.05, 4.69) is 15.9 Å². The minimum atomic E-state index is -3.74. The molecule has 2 rings (SSSR count). The Morgan fingerprint density at radius 1 is 1.30 bits per heavy atom. The Kier molecular flexibility index (Phi) is 4.62. The van der Waals surface area contributed by atoms with Gasteiger partial charge in [0.2, 0.25) is 10.0 Å². The number of hydrogen-bond donors (Lipinski definition) is 1. The lowest BCUT2D eigenvalue weighted by atomic mass is 10.2. The second-order valence-corrected chi connectivity index (χ2v) is 8.69. The number of carboxylic acids is 1. The fraction of sp³-hybridized carbons (Fsp3) is 0.364. The van der Waals surface area contributed by atoms with Gasteiger partial charge in [0.15, 0.2) is 0 Å². The molecule has 1 N–H and O–H groups in total. The molecule has 1 aliphatic heterocycles. The van der Waals surface area contributed by atoms with E-state index in [1.54, 1.807) is 0 Å². The second-order valence-electron chi connectivity index (χ2n) is 4.20. The van der Waals surface area contributed by atoms with Crippen LogP contribution in [0.2, 0.25) is 0 Å². The molecule has 6 nitrogen and oxygen atoms in total. The van der Waals surface area contributed by atoms with Gasteiger partial charge in [-0.25, -0.2) is 13.2 Å². The highest BCUT2D eigenvalue weighted by Crippen LogP contribution is 2.24. The molecule has 110 valence electrons. The summed E-state index contributed by atoms with van der Waals surface area (Å²) in [7, 11) is -4.72. The number of nitrogens with zero attached hydrogens (tertiary/aromatic N) is 1. The van der Waals surface area contributed by atoms with Crippen molar-refractivity contribution in [2.45, 2.75) is 4.90 Å².